The average molecular weight is 511 g/mol. The first-order chi connectivity index (χ1) is 16.6. The van der Waals surface area contributed by atoms with Crippen LogP contribution in [0.15, 0.2) is 70.9 Å². The molecule has 1 aliphatic rings. The van der Waals surface area contributed by atoms with Gasteiger partial charge >= 0.3 is 0 Å². The highest BCUT2D eigenvalue weighted by Crippen LogP contribution is 2.38. The molecule has 2 heterocycles. The third-order valence-electron chi connectivity index (χ3n) is 6.54. The van der Waals surface area contributed by atoms with E-state index in [1.165, 1.54) is 9.18 Å². The molecule has 1 amide bonds. The van der Waals surface area contributed by atoms with Gasteiger partial charge in [0, 0.05) is 18.0 Å². The first-order valence-electron chi connectivity index (χ1n) is 12.1. The maximum Gasteiger partial charge on any atom is 0.243 e. The van der Waals surface area contributed by atoms with E-state index in [9.17, 15) is 13.2 Å². The number of benzene rings is 2. The zero-order valence-corrected chi connectivity index (χ0v) is 22.5. The third kappa shape index (κ3) is 5.37. The predicted molar refractivity (Wildman–Crippen MR) is 142 cm³/mol. The number of fused-ring (bicyclic) bond motifs is 1. The van der Waals surface area contributed by atoms with E-state index in [4.69, 9.17) is 0 Å². The Hall–Kier alpha value is -2.48. The van der Waals surface area contributed by atoms with Crippen LogP contribution in [0.25, 0.3) is 0 Å². The molecule has 1 unspecified atom stereocenters. The molecule has 2 aromatic carbocycles. The summed E-state index contributed by atoms with van der Waals surface area (Å²) in [5, 5.41) is 2.07. The minimum Gasteiger partial charge on any atom is -0.330 e. The van der Waals surface area contributed by atoms with Gasteiger partial charge in [0.05, 0.1) is 17.5 Å². The van der Waals surface area contributed by atoms with Crippen LogP contribution >= 0.6 is 11.3 Å². The van der Waals surface area contributed by atoms with Crippen LogP contribution in [0.3, 0.4) is 0 Å². The molecule has 0 spiro atoms. The smallest absolute Gasteiger partial charge is 0.243 e. The monoisotopic (exact) mass is 510 g/mol. The van der Waals surface area contributed by atoms with Crippen molar-refractivity contribution < 1.29 is 13.2 Å². The maximum absolute atomic E-state index is 13.7. The molecule has 186 valence electrons. The lowest BCUT2D eigenvalue weighted by molar-refractivity contribution is -0.133. The number of hydrogen-bond donors (Lipinski definition) is 0. The highest BCUT2D eigenvalue weighted by atomic mass is 32.2. The van der Waals surface area contributed by atoms with Crippen molar-refractivity contribution in [3.8, 4) is 0 Å². The van der Waals surface area contributed by atoms with Gasteiger partial charge in [-0.15, -0.1) is 11.3 Å². The minimum atomic E-state index is -3.80. The van der Waals surface area contributed by atoms with Crippen LogP contribution in [0.5, 0.6) is 0 Å². The molecule has 4 rings (SSSR count). The second kappa shape index (κ2) is 10.2. The Morgan fingerprint density at radius 1 is 1.06 bits per heavy atom. The van der Waals surface area contributed by atoms with Crippen molar-refractivity contribution >= 4 is 27.3 Å². The Balaban J connectivity index is 1.62. The molecule has 1 aromatic heterocycles. The van der Waals surface area contributed by atoms with Gasteiger partial charge in [-0.05, 0) is 58.5 Å². The largest absolute Gasteiger partial charge is 0.330 e. The van der Waals surface area contributed by atoms with Crippen LogP contribution in [-0.2, 0) is 26.7 Å². The molecule has 0 aliphatic carbocycles. The Labute approximate surface area is 213 Å². The number of rotatable bonds is 7. The van der Waals surface area contributed by atoms with Gasteiger partial charge in [-0.1, -0.05) is 70.2 Å². The van der Waals surface area contributed by atoms with E-state index in [1.54, 1.807) is 23.5 Å². The summed E-state index contributed by atoms with van der Waals surface area (Å²) in [6.07, 6.45) is 1.42. The van der Waals surface area contributed by atoms with Crippen LogP contribution < -0.4 is 0 Å². The molecule has 0 bridgehead atoms. The fourth-order valence-corrected chi connectivity index (χ4v) is 7.02. The number of amides is 1. The summed E-state index contributed by atoms with van der Waals surface area (Å²) >= 11 is 1.72. The highest BCUT2D eigenvalue weighted by Gasteiger charge is 2.35. The quantitative estimate of drug-likeness (QED) is 0.414. The summed E-state index contributed by atoms with van der Waals surface area (Å²) in [6, 6.07) is 19.0. The van der Waals surface area contributed by atoms with Crippen molar-refractivity contribution in [2.75, 3.05) is 19.6 Å². The minimum absolute atomic E-state index is 0.0669. The van der Waals surface area contributed by atoms with Gasteiger partial charge in [0.25, 0.3) is 0 Å². The number of sulfonamides is 1. The molecule has 5 nitrogen and oxygen atoms in total. The standard InChI is InChI=1S/C28H34N2O3S2/c1-5-17-29(35(32,33)23-13-11-22(12-14-23)28(2,3)4)20-26(31)30-18-15-25-24(16-19-34-25)27(30)21-9-7-6-8-10-21/h6-14,16,19,27H,5,15,17-18,20H2,1-4H3. The topological polar surface area (TPSA) is 57.7 Å². The molecule has 0 fully saturated rings. The zero-order chi connectivity index (χ0) is 25.2. The fourth-order valence-electron chi connectivity index (χ4n) is 4.63. The van der Waals surface area contributed by atoms with Gasteiger partial charge in [0.2, 0.25) is 15.9 Å². The molecular weight excluding hydrogens is 476 g/mol. The highest BCUT2D eigenvalue weighted by molar-refractivity contribution is 7.89. The number of thiophene rings is 1. The number of hydrogen-bond acceptors (Lipinski definition) is 4. The summed E-state index contributed by atoms with van der Waals surface area (Å²) < 4.78 is 28.5. The van der Waals surface area contributed by atoms with Crippen molar-refractivity contribution in [3.05, 3.63) is 87.6 Å². The lowest BCUT2D eigenvalue weighted by Crippen LogP contribution is -2.46. The molecule has 0 radical (unpaired) electrons. The second-order valence-corrected chi connectivity index (χ2v) is 13.0. The van der Waals surface area contributed by atoms with E-state index in [2.05, 4.69) is 32.2 Å². The van der Waals surface area contributed by atoms with Crippen LogP contribution in [0.4, 0.5) is 0 Å². The van der Waals surface area contributed by atoms with Crippen molar-refractivity contribution in [1.29, 1.82) is 0 Å². The van der Waals surface area contributed by atoms with E-state index < -0.39 is 10.0 Å². The Morgan fingerprint density at radius 3 is 2.37 bits per heavy atom. The number of carbonyl (C=O) groups excluding carboxylic acids is 1. The van der Waals surface area contributed by atoms with E-state index >= 15 is 0 Å². The molecule has 7 heteroatoms. The molecule has 1 atom stereocenters. The average Bonchev–Trinajstić information content (AvgIpc) is 3.32. The van der Waals surface area contributed by atoms with Gasteiger partial charge in [-0.2, -0.15) is 4.31 Å². The first kappa shape index (κ1) is 25.6. The Morgan fingerprint density at radius 2 is 1.74 bits per heavy atom. The normalized spacial score (nSPS) is 16.4. The SMILES string of the molecule is CCCN(CC(=O)N1CCc2sccc2C1c1ccccc1)S(=O)(=O)c1ccc(C(C)(C)C)cc1. The summed E-state index contributed by atoms with van der Waals surface area (Å²) in [7, 11) is -3.80. The van der Waals surface area contributed by atoms with Crippen LogP contribution in [0.1, 0.15) is 61.7 Å². The summed E-state index contributed by atoms with van der Waals surface area (Å²) in [4.78, 5) is 17.1. The van der Waals surface area contributed by atoms with Crippen molar-refractivity contribution in [3.63, 3.8) is 0 Å². The van der Waals surface area contributed by atoms with Gasteiger partial charge in [0.15, 0.2) is 0 Å². The van der Waals surface area contributed by atoms with E-state index in [-0.39, 0.29) is 28.8 Å². The number of carbonyl (C=O) groups is 1. The zero-order valence-electron chi connectivity index (χ0n) is 20.9. The van der Waals surface area contributed by atoms with E-state index in [1.807, 2.05) is 54.3 Å². The molecule has 0 saturated carbocycles. The molecule has 35 heavy (non-hydrogen) atoms. The summed E-state index contributed by atoms with van der Waals surface area (Å²) in [5.41, 5.74) is 3.19. The van der Waals surface area contributed by atoms with Gasteiger partial charge < -0.3 is 4.90 Å². The van der Waals surface area contributed by atoms with Crippen LogP contribution in [0, 0.1) is 0 Å². The summed E-state index contributed by atoms with van der Waals surface area (Å²) in [5.74, 6) is -0.168. The number of nitrogens with zero attached hydrogens (tertiary/aromatic N) is 2. The van der Waals surface area contributed by atoms with Gasteiger partial charge in [0.1, 0.15) is 0 Å². The van der Waals surface area contributed by atoms with Crippen LogP contribution in [-0.4, -0.2) is 43.2 Å². The van der Waals surface area contributed by atoms with E-state index in [0.29, 0.717) is 19.5 Å². The summed E-state index contributed by atoms with van der Waals surface area (Å²) in [6.45, 7) is 8.92. The lowest BCUT2D eigenvalue weighted by Gasteiger charge is -2.37. The van der Waals surface area contributed by atoms with Gasteiger partial charge in [-0.3, -0.25) is 4.79 Å². The molecular formula is C28H34N2O3S2. The molecule has 0 saturated heterocycles. The van der Waals surface area contributed by atoms with Crippen molar-refractivity contribution in [2.45, 2.75) is 56.9 Å². The second-order valence-electron chi connectivity index (χ2n) is 10.1. The molecule has 0 N–H and O–H groups in total. The van der Waals surface area contributed by atoms with Crippen molar-refractivity contribution in [2.24, 2.45) is 0 Å². The molecule has 3 aromatic rings. The fraction of sp³-hybridized carbons (Fsp3) is 0.393. The predicted octanol–water partition coefficient (Wildman–Crippen LogP) is 5.62. The Bertz CT molecular complexity index is 1260. The Kier molecular flexibility index (Phi) is 7.50. The molecule has 1 aliphatic heterocycles. The maximum atomic E-state index is 13.7. The first-order valence-corrected chi connectivity index (χ1v) is 14.5. The lowest BCUT2D eigenvalue weighted by atomic mass is 9.87. The van der Waals surface area contributed by atoms with Crippen LogP contribution in [0.2, 0.25) is 0 Å². The third-order valence-corrected chi connectivity index (χ3v) is 9.40. The van der Waals surface area contributed by atoms with Gasteiger partial charge in [-0.25, -0.2) is 8.42 Å². The van der Waals surface area contributed by atoms with E-state index in [0.717, 1.165) is 23.1 Å². The van der Waals surface area contributed by atoms with Crippen molar-refractivity contribution in [1.82, 2.24) is 9.21 Å².